The molecular formula is C21H22I2NO4S+. The fraction of sp³-hybridized carbons (Fsp3) is 0.286. The van der Waals surface area contributed by atoms with Gasteiger partial charge in [0.1, 0.15) is 12.3 Å². The number of benzene rings is 2. The number of phenolic OH excluding ortho intramolecular Hbond substituents is 1. The number of halogens is 2. The molecule has 1 heterocycles. The molecule has 29 heavy (non-hydrogen) atoms. The third-order valence-corrected chi connectivity index (χ3v) is 7.51. The number of phenols is 1. The van der Waals surface area contributed by atoms with E-state index in [9.17, 15) is 13.5 Å². The molecule has 2 N–H and O–H groups in total. The molecule has 0 amide bonds. The van der Waals surface area contributed by atoms with E-state index >= 15 is 0 Å². The number of allylic oxidation sites excluding steroid dienone is 1. The highest BCUT2D eigenvalue weighted by molar-refractivity contribution is 14.1. The van der Waals surface area contributed by atoms with Crippen molar-refractivity contribution in [2.75, 3.05) is 12.3 Å². The summed E-state index contributed by atoms with van der Waals surface area (Å²) in [6.45, 7) is 4.79. The number of aromatic hydroxyl groups is 1. The first kappa shape index (κ1) is 22.7. The van der Waals surface area contributed by atoms with E-state index in [-0.39, 0.29) is 16.9 Å². The maximum Gasteiger partial charge on any atom is 0.265 e. The maximum atomic E-state index is 11.2. The highest BCUT2D eigenvalue weighted by Crippen LogP contribution is 2.40. The lowest BCUT2D eigenvalue weighted by Crippen LogP contribution is -2.28. The molecule has 0 saturated heterocycles. The van der Waals surface area contributed by atoms with Crippen molar-refractivity contribution in [2.45, 2.75) is 25.7 Å². The van der Waals surface area contributed by atoms with E-state index in [1.54, 1.807) is 0 Å². The van der Waals surface area contributed by atoms with E-state index in [1.165, 1.54) is 5.56 Å². The predicted molar refractivity (Wildman–Crippen MR) is 133 cm³/mol. The molecule has 0 fully saturated rings. The molecule has 8 heteroatoms. The lowest BCUT2D eigenvalue weighted by atomic mass is 9.81. The van der Waals surface area contributed by atoms with Crippen LogP contribution in [0.3, 0.4) is 0 Å². The number of nitrogens with zero attached hydrogens (tertiary/aromatic N) is 1. The maximum absolute atomic E-state index is 11.2. The van der Waals surface area contributed by atoms with E-state index in [4.69, 9.17) is 4.55 Å². The summed E-state index contributed by atoms with van der Waals surface area (Å²) < 4.78 is 35.1. The molecular weight excluding hydrogens is 616 g/mol. The zero-order valence-electron chi connectivity index (χ0n) is 16.1. The molecule has 0 aliphatic carbocycles. The molecule has 0 bridgehead atoms. The van der Waals surface area contributed by atoms with Crippen LogP contribution in [0.1, 0.15) is 31.4 Å². The summed E-state index contributed by atoms with van der Waals surface area (Å²) in [4.78, 5) is 0. The summed E-state index contributed by atoms with van der Waals surface area (Å²) in [5.74, 6) is 0.0219. The van der Waals surface area contributed by atoms with E-state index in [2.05, 4.69) is 75.7 Å². The second kappa shape index (κ2) is 8.64. The Kier molecular flexibility index (Phi) is 6.76. The number of fused-ring (bicyclic) bond motifs is 1. The van der Waals surface area contributed by atoms with Gasteiger partial charge in [0.2, 0.25) is 5.69 Å². The van der Waals surface area contributed by atoms with Gasteiger partial charge in [0.25, 0.3) is 10.1 Å². The smallest absolute Gasteiger partial charge is 0.265 e. The predicted octanol–water partition coefficient (Wildman–Crippen LogP) is 4.97. The van der Waals surface area contributed by atoms with Crippen molar-refractivity contribution in [2.24, 2.45) is 0 Å². The molecule has 5 nitrogen and oxygen atoms in total. The van der Waals surface area contributed by atoms with Crippen LogP contribution in [0.4, 0.5) is 5.69 Å². The van der Waals surface area contributed by atoms with Crippen LogP contribution < -0.4 is 0 Å². The SMILES string of the molecule is CC1(C)C(C=Cc2cc(I)c(O)c(I)c2)=[N+](CCCS(=O)(=O)O)c2ccccc21. The molecule has 2 aromatic carbocycles. The summed E-state index contributed by atoms with van der Waals surface area (Å²) >= 11 is 4.23. The Hall–Kier alpha value is -0.980. The second-order valence-electron chi connectivity index (χ2n) is 7.49. The Morgan fingerprint density at radius 3 is 2.34 bits per heavy atom. The second-order valence-corrected chi connectivity index (χ2v) is 11.4. The van der Waals surface area contributed by atoms with Crippen LogP contribution >= 0.6 is 45.2 Å². The summed E-state index contributed by atoms with van der Waals surface area (Å²) in [6, 6.07) is 12.0. The fourth-order valence-electron chi connectivity index (χ4n) is 3.64. The summed E-state index contributed by atoms with van der Waals surface area (Å²) in [5.41, 5.74) is 4.03. The van der Waals surface area contributed by atoms with Crippen LogP contribution in [0, 0.1) is 7.14 Å². The molecule has 2 aromatic rings. The van der Waals surface area contributed by atoms with Gasteiger partial charge >= 0.3 is 0 Å². The number of para-hydroxylation sites is 1. The number of hydrogen-bond donors (Lipinski definition) is 2. The molecule has 1 aliphatic rings. The summed E-state index contributed by atoms with van der Waals surface area (Å²) in [6.07, 6.45) is 4.41. The van der Waals surface area contributed by atoms with Crippen molar-refractivity contribution in [1.29, 1.82) is 0 Å². The van der Waals surface area contributed by atoms with E-state index < -0.39 is 10.1 Å². The highest BCUT2D eigenvalue weighted by Gasteiger charge is 2.43. The molecule has 0 radical (unpaired) electrons. The van der Waals surface area contributed by atoms with Crippen molar-refractivity contribution >= 4 is 72.8 Å². The van der Waals surface area contributed by atoms with Crippen molar-refractivity contribution in [1.82, 2.24) is 0 Å². The lowest BCUT2D eigenvalue weighted by molar-refractivity contribution is -0.437. The monoisotopic (exact) mass is 638 g/mol. The Morgan fingerprint density at radius 2 is 1.72 bits per heavy atom. The van der Waals surface area contributed by atoms with Crippen LogP contribution in [-0.4, -0.2) is 40.7 Å². The standard InChI is InChI=1S/C21H21I2NO4S/c1-21(2)15-6-3-4-7-18(15)24(10-5-11-29(26,27)28)19(21)9-8-14-12-16(22)20(25)17(23)13-14/h3-4,6-9,12-13H,5,10-11H2,1-2H3,(H,26,27,28)/p+1. The minimum Gasteiger partial charge on any atom is -0.506 e. The first-order chi connectivity index (χ1) is 13.5. The Labute approximate surface area is 198 Å². The molecule has 0 spiro atoms. The first-order valence-corrected chi connectivity index (χ1v) is 12.8. The van der Waals surface area contributed by atoms with Crippen molar-refractivity contribution in [3.8, 4) is 5.75 Å². The van der Waals surface area contributed by atoms with Crippen LogP contribution in [0.5, 0.6) is 5.75 Å². The number of rotatable bonds is 6. The van der Waals surface area contributed by atoms with Crippen molar-refractivity contribution in [3.63, 3.8) is 0 Å². The van der Waals surface area contributed by atoms with Crippen LogP contribution in [0.25, 0.3) is 6.08 Å². The van der Waals surface area contributed by atoms with Gasteiger partial charge in [-0.1, -0.05) is 18.2 Å². The average Bonchev–Trinajstić information content (AvgIpc) is 2.84. The van der Waals surface area contributed by atoms with Crippen molar-refractivity contribution < 1.29 is 22.7 Å². The number of hydrogen-bond acceptors (Lipinski definition) is 3. The van der Waals surface area contributed by atoms with Gasteiger partial charge in [0.05, 0.1) is 18.3 Å². The zero-order chi connectivity index (χ0) is 21.4. The molecule has 1 aliphatic heterocycles. The van der Waals surface area contributed by atoms with Gasteiger partial charge < -0.3 is 5.11 Å². The largest absolute Gasteiger partial charge is 0.506 e. The van der Waals surface area contributed by atoms with Gasteiger partial charge in [0.15, 0.2) is 5.71 Å². The van der Waals surface area contributed by atoms with E-state index in [0.29, 0.717) is 13.0 Å². The minimum atomic E-state index is -3.99. The molecule has 0 aromatic heterocycles. The zero-order valence-corrected chi connectivity index (χ0v) is 21.2. The summed E-state index contributed by atoms with van der Waals surface area (Å²) in [7, 11) is -3.99. The average molecular weight is 638 g/mol. The van der Waals surface area contributed by atoms with Crippen molar-refractivity contribution in [3.05, 3.63) is 60.7 Å². The van der Waals surface area contributed by atoms with Gasteiger partial charge in [-0.3, -0.25) is 4.55 Å². The fourth-order valence-corrected chi connectivity index (χ4v) is 5.95. The van der Waals surface area contributed by atoms with Gasteiger partial charge in [-0.2, -0.15) is 13.0 Å². The van der Waals surface area contributed by atoms with Gasteiger partial charge in [0, 0.05) is 24.1 Å². The molecule has 0 saturated carbocycles. The Bertz CT molecular complexity index is 1100. The normalized spacial score (nSPS) is 15.9. The lowest BCUT2D eigenvalue weighted by Gasteiger charge is -2.15. The first-order valence-electron chi connectivity index (χ1n) is 9.06. The molecule has 3 rings (SSSR count). The topological polar surface area (TPSA) is 77.6 Å². The van der Waals surface area contributed by atoms with Gasteiger partial charge in [-0.25, -0.2) is 0 Å². The molecule has 0 unspecified atom stereocenters. The van der Waals surface area contributed by atoms with Gasteiger partial charge in [-0.05, 0) is 82.8 Å². The third-order valence-electron chi connectivity index (χ3n) is 5.06. The Balaban J connectivity index is 2.02. The van der Waals surface area contributed by atoms with Crippen LogP contribution in [-0.2, 0) is 15.5 Å². The van der Waals surface area contributed by atoms with E-state index in [0.717, 1.165) is 24.1 Å². The minimum absolute atomic E-state index is 0.248. The quantitative estimate of drug-likeness (QED) is 0.267. The van der Waals surface area contributed by atoms with Crippen LogP contribution in [0.15, 0.2) is 42.5 Å². The van der Waals surface area contributed by atoms with E-state index in [1.807, 2.05) is 36.4 Å². The van der Waals surface area contributed by atoms with Crippen LogP contribution in [0.2, 0.25) is 0 Å². The Morgan fingerprint density at radius 1 is 1.10 bits per heavy atom. The van der Waals surface area contributed by atoms with Gasteiger partial charge in [-0.15, -0.1) is 0 Å². The molecule has 0 atom stereocenters. The highest BCUT2D eigenvalue weighted by atomic mass is 127. The third kappa shape index (κ3) is 5.02. The summed E-state index contributed by atoms with van der Waals surface area (Å²) in [5, 5.41) is 9.99. The molecule has 154 valence electrons.